The van der Waals surface area contributed by atoms with Gasteiger partial charge in [0.25, 0.3) is 21.6 Å². The summed E-state index contributed by atoms with van der Waals surface area (Å²) in [5.74, 6) is -1.25. The molecule has 6 heterocycles. The van der Waals surface area contributed by atoms with Crippen molar-refractivity contribution in [3.8, 4) is 21.9 Å². The molecule has 3 saturated heterocycles. The van der Waals surface area contributed by atoms with Gasteiger partial charge in [0.05, 0.1) is 43.8 Å². The average Bonchev–Trinajstić information content (AvgIpc) is 1.68. The molecular formula is C76H95ClN12O10S2. The van der Waals surface area contributed by atoms with Gasteiger partial charge in [-0.2, -0.15) is 0 Å². The van der Waals surface area contributed by atoms with E-state index in [1.54, 1.807) is 41.8 Å². The van der Waals surface area contributed by atoms with Gasteiger partial charge in [0.2, 0.25) is 17.7 Å². The molecule has 3 aliphatic heterocycles. The van der Waals surface area contributed by atoms with Gasteiger partial charge in [-0.05, 0) is 159 Å². The number of nitro groups is 1. The monoisotopic (exact) mass is 1430 g/mol. The molecular weight excluding hydrogens is 1340 g/mol. The molecule has 101 heavy (non-hydrogen) atoms. The number of nitro benzene ring substituents is 1. The number of unbranched alkanes of at least 4 members (excludes halogenated alkanes) is 5. The van der Waals surface area contributed by atoms with Crippen LogP contribution in [0.25, 0.3) is 27.0 Å². The van der Waals surface area contributed by atoms with Crippen LogP contribution >= 0.6 is 22.9 Å². The van der Waals surface area contributed by atoms with Crippen molar-refractivity contribution in [2.24, 2.45) is 16.7 Å². The number of aromatic nitrogens is 3. The molecule has 4 aromatic carbocycles. The first-order valence-corrected chi connectivity index (χ1v) is 38.1. The van der Waals surface area contributed by atoms with Gasteiger partial charge in [0.1, 0.15) is 34.9 Å². The Morgan fingerprint density at radius 1 is 0.871 bits per heavy atom. The third-order valence-electron chi connectivity index (χ3n) is 20.2. The summed E-state index contributed by atoms with van der Waals surface area (Å²) in [6.45, 7) is 19.6. The number of anilines is 2. The number of aromatic amines is 1. The zero-order chi connectivity index (χ0) is 71.6. The normalized spacial score (nSPS) is 18.2. The average molecular weight is 1440 g/mol. The lowest BCUT2D eigenvalue weighted by molar-refractivity contribution is -0.384. The highest BCUT2D eigenvalue weighted by atomic mass is 35.5. The van der Waals surface area contributed by atoms with Crippen molar-refractivity contribution in [1.82, 2.24) is 45.0 Å². The molecule has 6 N–H and O–H groups in total. The molecule has 0 spiro atoms. The molecule has 0 saturated carbocycles. The van der Waals surface area contributed by atoms with E-state index in [0.29, 0.717) is 37.5 Å². The number of aryl methyl sites for hydroxylation is 1. The number of piperazine rings is 1. The SMILES string of the molecule is Cc1ncsc1-c1ccc(CNC(=O)[C@@H]2C[C@@H](O)CN2C(=O)[C@@H](NC(=O)CCCCCCCCN2CCC(CNc3ccc(S(=O)(=O)NC(=O)c4ccc(N5CCN(CC6=C(c7ccc(Cl)cc7)CC(C)(C)CC6)CC5)cc4Oc4cnc5[nH]ccc5c4)cc3[N+](=O)[O-])CC2)C(C)(C)C)cc1. The van der Waals surface area contributed by atoms with Crippen LogP contribution in [0, 0.1) is 33.8 Å². The Morgan fingerprint density at radius 2 is 1.59 bits per heavy atom. The molecule has 7 aromatic rings. The number of fused-ring (bicyclic) bond motifs is 1. The molecule has 22 nitrogen and oxygen atoms in total. The van der Waals surface area contributed by atoms with Crippen LogP contribution in [0.3, 0.4) is 0 Å². The van der Waals surface area contributed by atoms with Gasteiger partial charge < -0.3 is 45.5 Å². The summed E-state index contributed by atoms with van der Waals surface area (Å²) in [7, 11) is -4.63. The number of halogens is 1. The van der Waals surface area contributed by atoms with Gasteiger partial charge >= 0.3 is 0 Å². The number of carbonyl (C=O) groups excluding carboxylic acids is 4. The number of likely N-dealkylation sites (tertiary alicyclic amines) is 2. The molecule has 0 unspecified atom stereocenters. The highest BCUT2D eigenvalue weighted by molar-refractivity contribution is 7.90. The van der Waals surface area contributed by atoms with E-state index in [2.05, 4.69) is 76.3 Å². The number of aliphatic hydroxyl groups excluding tert-OH is 1. The van der Waals surface area contributed by atoms with Gasteiger partial charge in [-0.25, -0.2) is 23.1 Å². The van der Waals surface area contributed by atoms with Gasteiger partial charge in [0.15, 0.2) is 0 Å². The first-order valence-electron chi connectivity index (χ1n) is 35.4. The molecule has 4 aliphatic rings. The van der Waals surface area contributed by atoms with Crippen molar-refractivity contribution in [3.05, 3.63) is 158 Å². The lowest BCUT2D eigenvalue weighted by Crippen LogP contribution is -2.57. The molecule has 538 valence electrons. The standard InChI is InChI=1S/C76H95ClN12O10S2/c1-50-69(100-49-82-50)54-16-14-51(15-17-54)45-81-73(93)66-41-59(90)48-88(66)74(94)70(75(2,3)4)83-68(91)13-11-9-7-8-10-12-32-85-33-28-52(29-34-85)44-79-64-25-23-61(42-65(64)89(95)96)101(97,98)84-72(92)62-24-22-58(40-67(62)99-60-39-55-27-31-78-71(55)80-46-60)87-37-35-86(36-38-87)47-56-26-30-76(5,6)43-63(56)53-18-20-57(77)21-19-53/h14-25,27,31,39-40,42,46,49,52,59,66,70,79,90H,7-13,26,28-30,32-38,41,43-45,47-48H2,1-6H3,(H,78,80)(H,81,93)(H,83,91)(H,84,92)/t59-,66+,70-/m1/s1. The molecule has 11 rings (SSSR count). The first-order chi connectivity index (χ1) is 48.3. The number of nitrogens with zero attached hydrogens (tertiary/aromatic N) is 7. The second-order valence-corrected chi connectivity index (χ2v) is 32.4. The Kier molecular flexibility index (Phi) is 24.0. The van der Waals surface area contributed by atoms with E-state index < -0.39 is 55.0 Å². The number of nitrogens with one attached hydrogen (secondary N) is 5. The van der Waals surface area contributed by atoms with Crippen LogP contribution < -0.4 is 30.3 Å². The highest BCUT2D eigenvalue weighted by Gasteiger charge is 2.45. The Labute approximate surface area is 601 Å². The van der Waals surface area contributed by atoms with Crippen molar-refractivity contribution in [2.75, 3.05) is 75.7 Å². The fourth-order valence-corrected chi connectivity index (χ4v) is 16.1. The van der Waals surface area contributed by atoms with E-state index in [9.17, 15) is 42.8 Å². The number of thiazole rings is 1. The van der Waals surface area contributed by atoms with E-state index >= 15 is 0 Å². The number of rotatable bonds is 28. The predicted octanol–water partition coefficient (Wildman–Crippen LogP) is 12.9. The number of amides is 4. The summed E-state index contributed by atoms with van der Waals surface area (Å²) in [5, 5.41) is 33.9. The Morgan fingerprint density at radius 3 is 2.31 bits per heavy atom. The van der Waals surface area contributed by atoms with E-state index in [4.69, 9.17) is 16.3 Å². The zero-order valence-corrected chi connectivity index (χ0v) is 61.1. The van der Waals surface area contributed by atoms with Gasteiger partial charge in [-0.1, -0.05) is 114 Å². The fourth-order valence-electron chi connectivity index (χ4n) is 14.2. The molecule has 3 fully saturated rings. The topological polar surface area (TPSA) is 278 Å². The predicted molar refractivity (Wildman–Crippen MR) is 397 cm³/mol. The van der Waals surface area contributed by atoms with Crippen LogP contribution in [0.15, 0.2) is 125 Å². The summed E-state index contributed by atoms with van der Waals surface area (Å²) in [4.78, 5) is 88.3. The van der Waals surface area contributed by atoms with Crippen LogP contribution in [0.2, 0.25) is 5.02 Å². The minimum absolute atomic E-state index is 0.00604. The first kappa shape index (κ1) is 73.9. The van der Waals surface area contributed by atoms with Crippen LogP contribution in [0.1, 0.15) is 145 Å². The van der Waals surface area contributed by atoms with Crippen LogP contribution in [-0.4, -0.2) is 155 Å². The van der Waals surface area contributed by atoms with Crippen molar-refractivity contribution >= 4 is 90.3 Å². The Balaban J connectivity index is 0.607. The molecule has 0 radical (unpaired) electrons. The number of sulfonamides is 1. The summed E-state index contributed by atoms with van der Waals surface area (Å²) in [5.41, 5.74) is 9.47. The molecule has 1 aliphatic carbocycles. The molecule has 3 atom stereocenters. The number of H-pyrrole nitrogens is 1. The number of allylic oxidation sites excluding steroid dienone is 1. The number of hydrogen-bond donors (Lipinski definition) is 6. The maximum atomic E-state index is 14.2. The van der Waals surface area contributed by atoms with Crippen molar-refractivity contribution < 1.29 is 42.4 Å². The number of ether oxygens (including phenoxy) is 1. The summed E-state index contributed by atoms with van der Waals surface area (Å²) < 4.78 is 36.6. The van der Waals surface area contributed by atoms with Crippen molar-refractivity contribution in [2.45, 2.75) is 155 Å². The number of aliphatic hydroxyl groups is 1. The maximum Gasteiger partial charge on any atom is 0.293 e. The van der Waals surface area contributed by atoms with E-state index in [0.717, 1.165) is 147 Å². The number of β-amino-alcohol motifs (C(OH)–C–C–N with tert-alkyl or cyclic N) is 1. The minimum Gasteiger partial charge on any atom is -0.455 e. The quantitative estimate of drug-likeness (QED) is 0.0151. The van der Waals surface area contributed by atoms with E-state index in [1.807, 2.05) is 75.7 Å². The molecule has 25 heteroatoms. The van der Waals surface area contributed by atoms with Crippen molar-refractivity contribution in [3.63, 3.8) is 0 Å². The van der Waals surface area contributed by atoms with Gasteiger partial charge in [-0.3, -0.25) is 34.2 Å². The van der Waals surface area contributed by atoms with E-state index in [1.165, 1.54) is 39.9 Å². The van der Waals surface area contributed by atoms with Crippen LogP contribution in [-0.2, 0) is 31.0 Å². The lowest BCUT2D eigenvalue weighted by atomic mass is 9.72. The van der Waals surface area contributed by atoms with Gasteiger partial charge in [-0.15, -0.1) is 11.3 Å². The van der Waals surface area contributed by atoms with Crippen LogP contribution in [0.5, 0.6) is 11.5 Å². The number of hydrogen-bond acceptors (Lipinski definition) is 17. The second kappa shape index (κ2) is 32.8. The molecule has 4 amide bonds. The number of carbonyl (C=O) groups is 4. The Hall–Kier alpha value is -8.26. The van der Waals surface area contributed by atoms with Gasteiger partial charge in [0, 0.05) is 99.6 Å². The number of benzene rings is 4. The Bertz CT molecular complexity index is 4230. The number of piperidine rings is 1. The summed E-state index contributed by atoms with van der Waals surface area (Å²) >= 11 is 7.86. The third kappa shape index (κ3) is 19.3. The molecule has 0 bridgehead atoms. The van der Waals surface area contributed by atoms with Crippen LogP contribution in [0.4, 0.5) is 17.1 Å². The largest absolute Gasteiger partial charge is 0.455 e. The lowest BCUT2D eigenvalue weighted by Gasteiger charge is -2.39. The smallest absolute Gasteiger partial charge is 0.293 e. The zero-order valence-electron chi connectivity index (χ0n) is 58.7. The number of pyridine rings is 1. The third-order valence-corrected chi connectivity index (χ3v) is 22.7. The van der Waals surface area contributed by atoms with E-state index in [-0.39, 0.29) is 72.0 Å². The maximum absolute atomic E-state index is 14.2. The van der Waals surface area contributed by atoms with Crippen molar-refractivity contribution in [1.29, 1.82) is 0 Å². The molecule has 3 aromatic heterocycles. The fraction of sp³-hybridized carbons (Fsp3) is 0.474. The second-order valence-electron chi connectivity index (χ2n) is 29.4. The summed E-state index contributed by atoms with van der Waals surface area (Å²) in [6, 6.07) is 26.6. The minimum atomic E-state index is -4.63. The summed E-state index contributed by atoms with van der Waals surface area (Å²) in [6.07, 6.45) is 13.3. The highest BCUT2D eigenvalue weighted by Crippen LogP contribution is 2.44.